The zero-order valence-corrected chi connectivity index (χ0v) is 45.1. The highest BCUT2D eigenvalue weighted by molar-refractivity contribution is 6.00. The van der Waals surface area contributed by atoms with Crippen molar-refractivity contribution in [1.29, 1.82) is 0 Å². The summed E-state index contributed by atoms with van der Waals surface area (Å²) < 4.78 is 72.2. The Morgan fingerprint density at radius 2 is 1.00 bits per heavy atom. The molecule has 0 saturated carbocycles. The molecule has 7 aromatic rings. The molecule has 2 heterocycles. The molecule has 4 atom stereocenters. The van der Waals surface area contributed by atoms with Crippen molar-refractivity contribution >= 4 is 17.9 Å². The van der Waals surface area contributed by atoms with Crippen molar-refractivity contribution in [2.24, 2.45) is 0 Å². The number of ether oxygens (including phenoxy) is 3. The standard InChI is InChI=1S/C36H39F2N3O4.C26H28F2N2O4/c1-4-13-41(14-5-2)36(44)28-16-24(3)15-27(20-28)35(43)40-33(19-26-17-29(37)21-30(38)18-26)34(42)32-12-11-25(22-39-32)23-45-31-9-7-6-8-10-31;1-26(2,3)34-25(32)30-23(13-18-11-19(27)14-20(28)12-18)24(31)22-10-9-17(15-29-22)16-33-21-7-5-4-6-8-21/h6-12,15-18,20-22,33-34,42H,4-5,13-14,19,23H2,1-3H3,(H,40,43);4-12,14-15,23-24,31H,13,16H2,1-3H3,(H,30,32)/t33-,34?;23-,24?/m00/s1. The monoisotopic (exact) mass is 1090 g/mol. The van der Waals surface area contributed by atoms with Crippen LogP contribution < -0.4 is 20.1 Å². The van der Waals surface area contributed by atoms with E-state index in [1.54, 1.807) is 81.4 Å². The molecule has 0 bridgehead atoms. The van der Waals surface area contributed by atoms with Gasteiger partial charge in [0.25, 0.3) is 11.8 Å². The summed E-state index contributed by atoms with van der Waals surface area (Å²) in [6.07, 6.45) is 1.27. The second-order valence-corrected chi connectivity index (χ2v) is 20.0. The van der Waals surface area contributed by atoms with E-state index in [1.807, 2.05) is 74.5 Å². The van der Waals surface area contributed by atoms with E-state index in [4.69, 9.17) is 14.2 Å². The number of hydrogen-bond acceptors (Lipinski definition) is 10. The topological polar surface area (TPSA) is 172 Å². The number of rotatable bonds is 22. The van der Waals surface area contributed by atoms with Crippen LogP contribution in [0.4, 0.5) is 22.4 Å². The molecule has 4 N–H and O–H groups in total. The maximum absolute atomic E-state index is 14.1. The first-order valence-electron chi connectivity index (χ1n) is 26.0. The largest absolute Gasteiger partial charge is 0.489 e. The zero-order valence-electron chi connectivity index (χ0n) is 45.1. The number of nitrogens with one attached hydrogen (secondary N) is 2. The molecule has 13 nitrogen and oxygen atoms in total. The number of hydrogen-bond donors (Lipinski definition) is 4. The van der Waals surface area contributed by atoms with E-state index >= 15 is 0 Å². The highest BCUT2D eigenvalue weighted by Crippen LogP contribution is 2.25. The van der Waals surface area contributed by atoms with E-state index in [2.05, 4.69) is 20.6 Å². The molecular weight excluding hydrogens is 1020 g/mol. The maximum Gasteiger partial charge on any atom is 0.407 e. The minimum Gasteiger partial charge on any atom is -0.489 e. The van der Waals surface area contributed by atoms with Gasteiger partial charge in [-0.3, -0.25) is 19.6 Å². The number of aryl methyl sites for hydroxylation is 1. The van der Waals surface area contributed by atoms with Gasteiger partial charge in [-0.2, -0.15) is 0 Å². The Morgan fingerprint density at radius 1 is 0.570 bits per heavy atom. The molecule has 0 aliphatic rings. The molecular formula is C62H67F4N5O8. The summed E-state index contributed by atoms with van der Waals surface area (Å²) in [5.74, 6) is -2.32. The summed E-state index contributed by atoms with van der Waals surface area (Å²) in [7, 11) is 0. The van der Waals surface area contributed by atoms with Crippen LogP contribution in [-0.4, -0.2) is 73.8 Å². The average Bonchev–Trinajstić information content (AvgIpc) is 3.42. The van der Waals surface area contributed by atoms with Crippen LogP contribution in [0.1, 0.15) is 120 Å². The van der Waals surface area contributed by atoms with Gasteiger partial charge in [0.2, 0.25) is 0 Å². The predicted octanol–water partition coefficient (Wildman–Crippen LogP) is 11.7. The Hall–Kier alpha value is -8.15. The van der Waals surface area contributed by atoms with Crippen LogP contribution in [0.2, 0.25) is 0 Å². The molecule has 0 saturated heterocycles. The van der Waals surface area contributed by atoms with Gasteiger partial charge in [0.15, 0.2) is 0 Å². The minimum absolute atomic E-state index is 0.0460. The van der Waals surface area contributed by atoms with Crippen molar-refractivity contribution in [1.82, 2.24) is 25.5 Å². The van der Waals surface area contributed by atoms with Crippen molar-refractivity contribution in [3.05, 3.63) is 226 Å². The fourth-order valence-electron chi connectivity index (χ4n) is 8.41. The van der Waals surface area contributed by atoms with Crippen LogP contribution in [0.3, 0.4) is 0 Å². The predicted molar refractivity (Wildman–Crippen MR) is 292 cm³/mol. The van der Waals surface area contributed by atoms with Gasteiger partial charge < -0.3 is 40.0 Å². The third kappa shape index (κ3) is 19.4. The molecule has 0 radical (unpaired) electrons. The van der Waals surface area contributed by atoms with Gasteiger partial charge in [-0.05, 0) is 149 Å². The van der Waals surface area contributed by atoms with Gasteiger partial charge >= 0.3 is 6.09 Å². The number of aromatic nitrogens is 2. The molecule has 0 aliphatic heterocycles. The Bertz CT molecular complexity index is 3030. The minimum atomic E-state index is -1.32. The van der Waals surface area contributed by atoms with Gasteiger partial charge in [0.05, 0.1) is 23.5 Å². The van der Waals surface area contributed by atoms with Crippen LogP contribution in [-0.2, 0) is 30.8 Å². The third-order valence-electron chi connectivity index (χ3n) is 12.0. The smallest absolute Gasteiger partial charge is 0.407 e. The first-order valence-corrected chi connectivity index (χ1v) is 26.0. The van der Waals surface area contributed by atoms with Crippen molar-refractivity contribution < 1.29 is 56.4 Å². The van der Waals surface area contributed by atoms with Gasteiger partial charge in [-0.15, -0.1) is 0 Å². The van der Waals surface area contributed by atoms with Crippen LogP contribution in [0.5, 0.6) is 11.5 Å². The molecule has 3 amide bonds. The Labute approximate surface area is 458 Å². The SMILES string of the molecule is CC(C)(C)OC(=O)N[C@@H](Cc1cc(F)cc(F)c1)C(O)c1ccc(COc2ccccc2)cn1.CCCN(CCC)C(=O)c1cc(C)cc(C(=O)N[C@@H](Cc2cc(F)cc(F)c2)C(O)c2ccc(COc3ccccc3)cn2)c1. The molecule has 0 spiro atoms. The molecule has 0 aliphatic carbocycles. The number of aliphatic hydroxyl groups excluding tert-OH is 2. The second kappa shape index (κ2) is 29.0. The number of carbonyl (C=O) groups excluding carboxylic acids is 3. The molecule has 416 valence electrons. The van der Waals surface area contributed by atoms with E-state index in [-0.39, 0.29) is 60.0 Å². The molecule has 0 fully saturated rings. The number of carbonyl (C=O) groups is 3. The fourth-order valence-corrected chi connectivity index (χ4v) is 8.41. The summed E-state index contributed by atoms with van der Waals surface area (Å²) in [5.41, 5.74) is 3.18. The lowest BCUT2D eigenvalue weighted by molar-refractivity contribution is 0.0417. The van der Waals surface area contributed by atoms with Gasteiger partial charge in [-0.25, -0.2) is 22.4 Å². The lowest BCUT2D eigenvalue weighted by atomic mass is 9.97. The number of halogens is 4. The summed E-state index contributed by atoms with van der Waals surface area (Å²) in [4.78, 5) is 49.7. The van der Waals surface area contributed by atoms with Crippen molar-refractivity contribution in [2.75, 3.05) is 13.1 Å². The number of amides is 3. The van der Waals surface area contributed by atoms with Crippen LogP contribution in [0, 0.1) is 30.2 Å². The summed E-state index contributed by atoms with van der Waals surface area (Å²) >= 11 is 0. The van der Waals surface area contributed by atoms with Gasteiger partial charge in [0.1, 0.15) is 65.8 Å². The first kappa shape index (κ1) is 60.1. The second-order valence-electron chi connectivity index (χ2n) is 20.0. The highest BCUT2D eigenvalue weighted by atomic mass is 19.1. The third-order valence-corrected chi connectivity index (χ3v) is 12.0. The fraction of sp³-hybridized carbons (Fsp3) is 0.306. The van der Waals surface area contributed by atoms with E-state index < -0.39 is 65.2 Å². The lowest BCUT2D eigenvalue weighted by Crippen LogP contribution is -2.43. The molecule has 17 heteroatoms. The highest BCUT2D eigenvalue weighted by Gasteiger charge is 2.29. The van der Waals surface area contributed by atoms with E-state index in [0.717, 1.165) is 71.7 Å². The van der Waals surface area contributed by atoms with Crippen LogP contribution >= 0.6 is 0 Å². The zero-order chi connectivity index (χ0) is 57.1. The van der Waals surface area contributed by atoms with Crippen molar-refractivity contribution in [3.63, 3.8) is 0 Å². The first-order chi connectivity index (χ1) is 37.7. The lowest BCUT2D eigenvalue weighted by Gasteiger charge is -2.26. The maximum atomic E-state index is 14.1. The van der Waals surface area contributed by atoms with E-state index in [1.165, 1.54) is 6.07 Å². The molecule has 2 aromatic heterocycles. The quantitative estimate of drug-likeness (QED) is 0.0479. The van der Waals surface area contributed by atoms with E-state index in [9.17, 15) is 42.2 Å². The number of nitrogens with zero attached hydrogens (tertiary/aromatic N) is 3. The molecule has 79 heavy (non-hydrogen) atoms. The Balaban J connectivity index is 0.000000265. The van der Waals surface area contributed by atoms with Crippen LogP contribution in [0.15, 0.2) is 152 Å². The van der Waals surface area contributed by atoms with Crippen LogP contribution in [0.25, 0.3) is 0 Å². The summed E-state index contributed by atoms with van der Waals surface area (Å²) in [6.45, 7) is 12.7. The summed E-state index contributed by atoms with van der Waals surface area (Å²) in [6, 6.07) is 34.5. The Kier molecular flexibility index (Phi) is 22.1. The van der Waals surface area contributed by atoms with Crippen molar-refractivity contribution in [2.45, 2.75) is 110 Å². The molecule has 2 unspecified atom stereocenters. The number of alkyl carbamates (subject to hydrolysis) is 1. The number of aliphatic hydroxyl groups is 2. The number of para-hydroxylation sites is 2. The van der Waals surface area contributed by atoms with Gasteiger partial charge in [-0.1, -0.05) is 62.4 Å². The number of pyridine rings is 2. The van der Waals surface area contributed by atoms with E-state index in [0.29, 0.717) is 24.4 Å². The Morgan fingerprint density at radius 3 is 1.41 bits per heavy atom. The summed E-state index contributed by atoms with van der Waals surface area (Å²) in [5, 5.41) is 27.8. The normalized spacial score (nSPS) is 12.7. The average molecular weight is 1090 g/mol. The van der Waals surface area contributed by atoms with Gasteiger partial charge in [0, 0.05) is 59.9 Å². The molecule has 5 aromatic carbocycles. The number of benzene rings is 5. The van der Waals surface area contributed by atoms with Crippen molar-refractivity contribution in [3.8, 4) is 11.5 Å². The molecule has 7 rings (SSSR count).